The average Bonchev–Trinajstić information content (AvgIpc) is 2.43. The van der Waals surface area contributed by atoms with Crippen molar-refractivity contribution in [1.82, 2.24) is 0 Å². The second kappa shape index (κ2) is 17.7. The molecule has 0 saturated carbocycles. The lowest BCUT2D eigenvalue weighted by Crippen LogP contribution is -1.83. The first kappa shape index (κ1) is 18.7. The van der Waals surface area contributed by atoms with Gasteiger partial charge >= 0.3 is 0 Å². The fourth-order valence-electron chi connectivity index (χ4n) is 2.60. The maximum atomic E-state index is 10.1. The van der Waals surface area contributed by atoms with Gasteiger partial charge in [0.25, 0.3) is 0 Å². The smallest absolute Gasteiger partial charge is 0.119 e. The van der Waals surface area contributed by atoms with E-state index in [0.717, 1.165) is 19.1 Å². The van der Waals surface area contributed by atoms with E-state index in [4.69, 9.17) is 0 Å². The molecule has 0 rings (SSSR count). The Kier molecular flexibility index (Phi) is 17.4. The van der Waals surface area contributed by atoms with E-state index in [1.165, 1.54) is 89.9 Å². The molecule has 0 fully saturated rings. The molecule has 0 spiro atoms. The van der Waals surface area contributed by atoms with Crippen LogP contribution >= 0.6 is 0 Å². The number of carbonyl (C=O) groups is 1. The maximum Gasteiger partial charge on any atom is 0.119 e. The van der Waals surface area contributed by atoms with Crippen molar-refractivity contribution in [2.45, 2.75) is 110 Å². The molecular weight excluding hydrogens is 234 g/mol. The molecule has 0 N–H and O–H groups in total. The molecular formula is C18H36O. The Labute approximate surface area is 121 Å². The van der Waals surface area contributed by atoms with E-state index in [1.807, 2.05) is 0 Å². The molecule has 0 aliphatic rings. The molecule has 0 heterocycles. The van der Waals surface area contributed by atoms with Crippen molar-refractivity contribution in [3.05, 3.63) is 0 Å². The normalized spacial score (nSPS) is 10.8. The summed E-state index contributed by atoms with van der Waals surface area (Å²) in [5.41, 5.74) is 0. The number of unbranched alkanes of at least 4 members (excludes halogenated alkanes) is 15. The summed E-state index contributed by atoms with van der Waals surface area (Å²) in [7, 11) is 0. The van der Waals surface area contributed by atoms with Gasteiger partial charge in [0, 0.05) is 6.42 Å². The summed E-state index contributed by atoms with van der Waals surface area (Å²) in [6.07, 6.45) is 22.6. The van der Waals surface area contributed by atoms with Crippen LogP contribution in [0.15, 0.2) is 0 Å². The van der Waals surface area contributed by atoms with E-state index in [1.54, 1.807) is 0 Å². The van der Waals surface area contributed by atoms with Crippen LogP contribution in [0, 0.1) is 0 Å². The van der Waals surface area contributed by atoms with Gasteiger partial charge in [0.2, 0.25) is 0 Å². The van der Waals surface area contributed by atoms with Crippen LogP contribution < -0.4 is 0 Å². The number of hydrogen-bond acceptors (Lipinski definition) is 1. The molecule has 0 aromatic rings. The topological polar surface area (TPSA) is 17.1 Å². The lowest BCUT2D eigenvalue weighted by Gasteiger charge is -2.02. The molecule has 0 bridgehead atoms. The maximum absolute atomic E-state index is 10.1. The molecule has 1 nitrogen and oxygen atoms in total. The molecule has 0 radical (unpaired) electrons. The number of aldehydes is 1. The van der Waals surface area contributed by atoms with Crippen LogP contribution in [0.1, 0.15) is 110 Å². The highest BCUT2D eigenvalue weighted by Crippen LogP contribution is 2.13. The third-order valence-corrected chi connectivity index (χ3v) is 3.93. The van der Waals surface area contributed by atoms with Crippen LogP contribution in [0.2, 0.25) is 0 Å². The van der Waals surface area contributed by atoms with Crippen LogP contribution in [0.25, 0.3) is 0 Å². The van der Waals surface area contributed by atoms with Crippen molar-refractivity contribution in [3.63, 3.8) is 0 Å². The highest BCUT2D eigenvalue weighted by Gasteiger charge is 1.94. The first-order chi connectivity index (χ1) is 9.41. The summed E-state index contributed by atoms with van der Waals surface area (Å²) in [6, 6.07) is 0. The van der Waals surface area contributed by atoms with E-state index in [-0.39, 0.29) is 0 Å². The fourth-order valence-corrected chi connectivity index (χ4v) is 2.60. The molecule has 0 saturated heterocycles. The molecule has 0 aromatic carbocycles. The van der Waals surface area contributed by atoms with Gasteiger partial charge in [-0.2, -0.15) is 0 Å². The molecule has 0 aromatic heterocycles. The highest BCUT2D eigenvalue weighted by molar-refractivity contribution is 5.48. The third-order valence-electron chi connectivity index (χ3n) is 3.93. The first-order valence-electron chi connectivity index (χ1n) is 8.85. The Morgan fingerprint density at radius 3 is 1.37 bits per heavy atom. The van der Waals surface area contributed by atoms with Gasteiger partial charge in [0.15, 0.2) is 0 Å². The third kappa shape index (κ3) is 17.7. The van der Waals surface area contributed by atoms with Crippen molar-refractivity contribution in [1.29, 1.82) is 0 Å². The molecule has 0 unspecified atom stereocenters. The van der Waals surface area contributed by atoms with E-state index >= 15 is 0 Å². The van der Waals surface area contributed by atoms with Crippen molar-refractivity contribution >= 4 is 6.29 Å². The van der Waals surface area contributed by atoms with E-state index in [9.17, 15) is 4.79 Å². The van der Waals surface area contributed by atoms with Crippen LogP contribution in [0.3, 0.4) is 0 Å². The molecule has 0 amide bonds. The minimum Gasteiger partial charge on any atom is -0.303 e. The fraction of sp³-hybridized carbons (Fsp3) is 0.944. The SMILES string of the molecule is CCCCCCCCCCCCCCCC[14CH2]C=O. The van der Waals surface area contributed by atoms with Gasteiger partial charge in [-0.25, -0.2) is 0 Å². The summed E-state index contributed by atoms with van der Waals surface area (Å²) < 4.78 is 0. The van der Waals surface area contributed by atoms with Gasteiger partial charge in [0.05, 0.1) is 0 Å². The summed E-state index contributed by atoms with van der Waals surface area (Å²) >= 11 is 0. The summed E-state index contributed by atoms with van der Waals surface area (Å²) in [4.78, 5) is 10.1. The summed E-state index contributed by atoms with van der Waals surface area (Å²) in [6.45, 7) is 2.28. The standard InChI is InChI=1S/C18H36O/c1-2-3-4-5-6-7-8-9-10-11-12-13-14-15-16-17-18-19/h18H,2-17H2,1H3/i17+2. The molecule has 0 atom stereocenters. The van der Waals surface area contributed by atoms with Crippen LogP contribution in [-0.4, -0.2) is 6.29 Å². The lowest BCUT2D eigenvalue weighted by atomic mass is 10.0. The van der Waals surface area contributed by atoms with Crippen molar-refractivity contribution < 1.29 is 4.79 Å². The number of carbonyl (C=O) groups excluding carboxylic acids is 1. The lowest BCUT2D eigenvalue weighted by molar-refractivity contribution is -0.107. The predicted molar refractivity (Wildman–Crippen MR) is 85.6 cm³/mol. The van der Waals surface area contributed by atoms with Crippen LogP contribution in [0.4, 0.5) is 0 Å². The van der Waals surface area contributed by atoms with Crippen molar-refractivity contribution in [3.8, 4) is 0 Å². The van der Waals surface area contributed by atoms with Gasteiger partial charge in [-0.1, -0.05) is 96.8 Å². The minimum absolute atomic E-state index is 0.762. The second-order valence-corrected chi connectivity index (χ2v) is 5.91. The Hall–Kier alpha value is -0.330. The van der Waals surface area contributed by atoms with Gasteiger partial charge in [-0.3, -0.25) is 0 Å². The second-order valence-electron chi connectivity index (χ2n) is 5.91. The van der Waals surface area contributed by atoms with E-state index in [0.29, 0.717) is 0 Å². The monoisotopic (exact) mass is 270 g/mol. The Balaban J connectivity index is 2.89. The molecule has 19 heavy (non-hydrogen) atoms. The Morgan fingerprint density at radius 2 is 1.00 bits per heavy atom. The van der Waals surface area contributed by atoms with Gasteiger partial charge in [-0.05, 0) is 6.42 Å². The molecule has 0 aliphatic carbocycles. The minimum atomic E-state index is 0.762. The largest absolute Gasteiger partial charge is 0.303 e. The van der Waals surface area contributed by atoms with E-state index < -0.39 is 0 Å². The van der Waals surface area contributed by atoms with Crippen molar-refractivity contribution in [2.24, 2.45) is 0 Å². The Bertz CT molecular complexity index is 165. The highest BCUT2D eigenvalue weighted by atomic mass is 16.1. The van der Waals surface area contributed by atoms with E-state index in [2.05, 4.69) is 6.92 Å². The van der Waals surface area contributed by atoms with Crippen molar-refractivity contribution in [2.75, 3.05) is 0 Å². The Morgan fingerprint density at radius 1 is 0.632 bits per heavy atom. The molecule has 1 heteroatoms. The predicted octanol–water partition coefficient (Wildman–Crippen LogP) is 6.45. The summed E-state index contributed by atoms with van der Waals surface area (Å²) in [5, 5.41) is 0. The number of rotatable bonds is 16. The van der Waals surface area contributed by atoms with Gasteiger partial charge in [-0.15, -0.1) is 0 Å². The van der Waals surface area contributed by atoms with Crippen LogP contribution in [-0.2, 0) is 4.79 Å². The van der Waals surface area contributed by atoms with Gasteiger partial charge in [0.1, 0.15) is 6.29 Å². The zero-order chi connectivity index (χ0) is 14.0. The zero-order valence-corrected chi connectivity index (χ0v) is 13.3. The van der Waals surface area contributed by atoms with Crippen LogP contribution in [0.5, 0.6) is 0 Å². The summed E-state index contributed by atoms with van der Waals surface area (Å²) in [5.74, 6) is 0. The van der Waals surface area contributed by atoms with Gasteiger partial charge < -0.3 is 4.79 Å². The molecule has 0 aliphatic heterocycles. The first-order valence-corrected chi connectivity index (χ1v) is 8.85. The number of hydrogen-bond donors (Lipinski definition) is 0. The quantitative estimate of drug-likeness (QED) is 0.233. The molecule has 114 valence electrons. The average molecular weight is 270 g/mol. The zero-order valence-electron chi connectivity index (χ0n) is 13.3.